The van der Waals surface area contributed by atoms with Gasteiger partial charge in [0.2, 0.25) is 11.8 Å². The molecule has 0 aliphatic carbocycles. The number of carbonyl (C=O) groups excluding carboxylic acids is 3. The lowest BCUT2D eigenvalue weighted by molar-refractivity contribution is -0.134. The van der Waals surface area contributed by atoms with E-state index in [1.54, 1.807) is 37.3 Å². The molecule has 0 aromatic heterocycles. The quantitative estimate of drug-likeness (QED) is 0.657. The van der Waals surface area contributed by atoms with Crippen molar-refractivity contribution in [3.63, 3.8) is 0 Å². The van der Waals surface area contributed by atoms with Gasteiger partial charge in [-0.05, 0) is 37.1 Å². The van der Waals surface area contributed by atoms with Gasteiger partial charge >= 0.3 is 0 Å². The van der Waals surface area contributed by atoms with E-state index in [0.29, 0.717) is 36.4 Å². The van der Waals surface area contributed by atoms with E-state index in [0.717, 1.165) is 11.3 Å². The number of nitrogens with one attached hydrogen (secondary N) is 2. The summed E-state index contributed by atoms with van der Waals surface area (Å²) in [5.41, 5.74) is 1.84. The van der Waals surface area contributed by atoms with Gasteiger partial charge in [0, 0.05) is 31.8 Å². The second-order valence-corrected chi connectivity index (χ2v) is 8.85. The van der Waals surface area contributed by atoms with Gasteiger partial charge < -0.3 is 29.7 Å². The van der Waals surface area contributed by atoms with Crippen LogP contribution in [-0.2, 0) is 20.9 Å². The summed E-state index contributed by atoms with van der Waals surface area (Å²) in [7, 11) is 3.36. The third-order valence-corrected chi connectivity index (χ3v) is 6.41. The lowest BCUT2D eigenvalue weighted by Gasteiger charge is -2.42. The minimum absolute atomic E-state index is 0.105. The molecule has 0 bridgehead atoms. The largest absolute Gasteiger partial charge is 0.496 e. The number of fused-ring (bicyclic) bond motifs is 2. The Morgan fingerprint density at radius 3 is 2.74 bits per heavy atom. The third kappa shape index (κ3) is 5.74. The molecule has 3 amide bonds. The van der Waals surface area contributed by atoms with Crippen LogP contribution in [0.15, 0.2) is 42.5 Å². The highest BCUT2D eigenvalue weighted by Crippen LogP contribution is 2.32. The summed E-state index contributed by atoms with van der Waals surface area (Å²) in [6.07, 6.45) is 0.961. The minimum Gasteiger partial charge on any atom is -0.496 e. The molecule has 1 saturated heterocycles. The fraction of sp³-hybridized carbons (Fsp3) is 0.423. The van der Waals surface area contributed by atoms with Crippen molar-refractivity contribution in [2.24, 2.45) is 0 Å². The number of nitrogens with zero attached hydrogens (tertiary/aromatic N) is 1. The predicted octanol–water partition coefficient (Wildman–Crippen LogP) is 2.74. The first-order chi connectivity index (χ1) is 16.9. The second-order valence-electron chi connectivity index (χ2n) is 8.85. The van der Waals surface area contributed by atoms with Crippen molar-refractivity contribution < 1.29 is 28.6 Å². The van der Waals surface area contributed by atoms with Gasteiger partial charge in [-0.1, -0.05) is 18.2 Å². The fourth-order valence-electron chi connectivity index (χ4n) is 4.63. The monoisotopic (exact) mass is 481 g/mol. The first kappa shape index (κ1) is 24.5. The molecule has 2 aromatic carbocycles. The number of carbonyl (C=O) groups is 3. The van der Waals surface area contributed by atoms with E-state index in [1.807, 2.05) is 24.3 Å². The van der Waals surface area contributed by atoms with Gasteiger partial charge in [0.1, 0.15) is 24.2 Å². The average Bonchev–Trinajstić information content (AvgIpc) is 2.85. The molecule has 186 valence electrons. The first-order valence-electron chi connectivity index (χ1n) is 11.7. The highest BCUT2D eigenvalue weighted by molar-refractivity contribution is 5.99. The normalized spacial score (nSPS) is 21.5. The fourth-order valence-corrected chi connectivity index (χ4v) is 4.63. The zero-order valence-corrected chi connectivity index (χ0v) is 20.2. The van der Waals surface area contributed by atoms with Gasteiger partial charge in [0.25, 0.3) is 5.91 Å². The summed E-state index contributed by atoms with van der Waals surface area (Å²) in [5.74, 6) is 0.657. The Labute approximate surface area is 204 Å². The molecule has 2 aromatic rings. The number of rotatable bonds is 6. The molecule has 2 heterocycles. The number of methoxy groups -OCH3 is 1. The van der Waals surface area contributed by atoms with E-state index in [4.69, 9.17) is 14.2 Å². The molecule has 9 heteroatoms. The Hall–Kier alpha value is -3.59. The average molecular weight is 482 g/mol. The summed E-state index contributed by atoms with van der Waals surface area (Å²) >= 11 is 0. The Kier molecular flexibility index (Phi) is 7.55. The van der Waals surface area contributed by atoms with Crippen LogP contribution < -0.4 is 20.1 Å². The molecule has 0 radical (unpaired) electrons. The number of likely N-dealkylation sites (N-methyl/N-ethyl adjacent to an activating group) is 1. The zero-order valence-electron chi connectivity index (χ0n) is 20.2. The van der Waals surface area contributed by atoms with Crippen molar-refractivity contribution in [2.45, 2.75) is 51.0 Å². The molecule has 0 spiro atoms. The number of hydrogen-bond donors (Lipinski definition) is 2. The molecule has 3 atom stereocenters. The van der Waals surface area contributed by atoms with Crippen LogP contribution in [0.25, 0.3) is 0 Å². The van der Waals surface area contributed by atoms with E-state index in [2.05, 4.69) is 10.6 Å². The predicted molar refractivity (Wildman–Crippen MR) is 129 cm³/mol. The van der Waals surface area contributed by atoms with Crippen LogP contribution in [0.1, 0.15) is 42.1 Å². The standard InChI is InChI=1S/C26H31N3O6/c1-16(30)28-18-8-11-23-20(12-18)26(32)29(2)21-10-9-19(35-24(21)15-34-23)13-25(31)27-14-17-6-4-5-7-22(17)33-3/h4-8,11-12,19,21,24H,9-10,13-15H2,1-3H3,(H,27,31)(H,28,30)/t19-,21-,24-/m0/s1. The van der Waals surface area contributed by atoms with Crippen LogP contribution in [0.2, 0.25) is 0 Å². The molecule has 4 rings (SSSR count). The lowest BCUT2D eigenvalue weighted by Crippen LogP contribution is -2.53. The molecule has 2 aliphatic rings. The van der Waals surface area contributed by atoms with Crippen LogP contribution in [0.3, 0.4) is 0 Å². The molecule has 2 N–H and O–H groups in total. The van der Waals surface area contributed by atoms with Crippen molar-refractivity contribution in [1.82, 2.24) is 10.2 Å². The van der Waals surface area contributed by atoms with Crippen LogP contribution in [-0.4, -0.2) is 61.6 Å². The molecule has 35 heavy (non-hydrogen) atoms. The topological polar surface area (TPSA) is 106 Å². The molecule has 2 aliphatic heterocycles. The van der Waals surface area contributed by atoms with Crippen molar-refractivity contribution >= 4 is 23.4 Å². The third-order valence-electron chi connectivity index (χ3n) is 6.41. The second kappa shape index (κ2) is 10.8. The van der Waals surface area contributed by atoms with E-state index < -0.39 is 0 Å². The number of ether oxygens (including phenoxy) is 3. The van der Waals surface area contributed by atoms with Gasteiger partial charge in [-0.3, -0.25) is 14.4 Å². The summed E-state index contributed by atoms with van der Waals surface area (Å²) in [6, 6.07) is 12.4. The smallest absolute Gasteiger partial charge is 0.257 e. The van der Waals surface area contributed by atoms with Gasteiger partial charge in [0.05, 0.1) is 31.2 Å². The first-order valence-corrected chi connectivity index (χ1v) is 11.7. The zero-order chi connectivity index (χ0) is 24.9. The Bertz CT molecular complexity index is 1100. The van der Waals surface area contributed by atoms with Crippen molar-refractivity contribution in [3.05, 3.63) is 53.6 Å². The maximum atomic E-state index is 13.2. The Morgan fingerprint density at radius 1 is 1.17 bits per heavy atom. The highest BCUT2D eigenvalue weighted by Gasteiger charge is 2.39. The number of para-hydroxylation sites is 1. The molecular weight excluding hydrogens is 450 g/mol. The summed E-state index contributed by atoms with van der Waals surface area (Å²) in [5, 5.41) is 5.64. The van der Waals surface area contributed by atoms with E-state index in [9.17, 15) is 14.4 Å². The highest BCUT2D eigenvalue weighted by atomic mass is 16.5. The number of benzene rings is 2. The van der Waals surface area contributed by atoms with Gasteiger partial charge in [0.15, 0.2) is 0 Å². The number of anilines is 1. The summed E-state index contributed by atoms with van der Waals surface area (Å²) < 4.78 is 17.5. The van der Waals surface area contributed by atoms with E-state index in [1.165, 1.54) is 6.92 Å². The van der Waals surface area contributed by atoms with Gasteiger partial charge in [-0.2, -0.15) is 0 Å². The SMILES string of the molecule is COc1ccccc1CNC(=O)C[C@@H]1CC[C@H]2[C@H](COc3ccc(NC(C)=O)cc3C(=O)N2C)O1. The number of amides is 3. The molecule has 0 unspecified atom stereocenters. The number of hydrogen-bond acceptors (Lipinski definition) is 6. The lowest BCUT2D eigenvalue weighted by atomic mass is 9.94. The molecule has 1 fully saturated rings. The van der Waals surface area contributed by atoms with Crippen LogP contribution in [0.5, 0.6) is 11.5 Å². The van der Waals surface area contributed by atoms with Crippen molar-refractivity contribution in [3.8, 4) is 11.5 Å². The van der Waals surface area contributed by atoms with E-state index in [-0.39, 0.29) is 49.0 Å². The minimum atomic E-state index is -0.354. The molecule has 0 saturated carbocycles. The van der Waals surface area contributed by atoms with Crippen LogP contribution in [0, 0.1) is 0 Å². The van der Waals surface area contributed by atoms with Crippen LogP contribution in [0.4, 0.5) is 5.69 Å². The molecule has 9 nitrogen and oxygen atoms in total. The van der Waals surface area contributed by atoms with Gasteiger partial charge in [-0.15, -0.1) is 0 Å². The van der Waals surface area contributed by atoms with Crippen molar-refractivity contribution in [2.75, 3.05) is 26.1 Å². The summed E-state index contributed by atoms with van der Waals surface area (Å²) in [4.78, 5) is 38.9. The van der Waals surface area contributed by atoms with Crippen LogP contribution >= 0.6 is 0 Å². The summed E-state index contributed by atoms with van der Waals surface area (Å²) in [6.45, 7) is 2.05. The maximum absolute atomic E-state index is 13.2. The van der Waals surface area contributed by atoms with Crippen molar-refractivity contribution in [1.29, 1.82) is 0 Å². The van der Waals surface area contributed by atoms with Gasteiger partial charge in [-0.25, -0.2) is 0 Å². The molecular formula is C26H31N3O6. The Morgan fingerprint density at radius 2 is 1.97 bits per heavy atom. The Balaban J connectivity index is 1.38. The van der Waals surface area contributed by atoms with E-state index >= 15 is 0 Å². The maximum Gasteiger partial charge on any atom is 0.257 e.